The van der Waals surface area contributed by atoms with Gasteiger partial charge in [-0.05, 0) is 50.3 Å². The van der Waals surface area contributed by atoms with Crippen molar-refractivity contribution in [2.24, 2.45) is 0 Å². The Balaban J connectivity index is 2.27. The summed E-state index contributed by atoms with van der Waals surface area (Å²) in [6.45, 7) is 6.41. The molecule has 0 saturated heterocycles. The Morgan fingerprint density at radius 3 is 2.28 bits per heavy atom. The van der Waals surface area contributed by atoms with Crippen LogP contribution in [-0.2, 0) is 26.0 Å². The van der Waals surface area contributed by atoms with Crippen molar-refractivity contribution in [2.45, 2.75) is 44.6 Å². The van der Waals surface area contributed by atoms with Gasteiger partial charge in [0.2, 0.25) is 15.9 Å². The molecule has 0 bridgehead atoms. The smallest absolute Gasteiger partial charge is 0.241 e. The second kappa shape index (κ2) is 10.5. The predicted molar refractivity (Wildman–Crippen MR) is 114 cm³/mol. The van der Waals surface area contributed by atoms with Crippen molar-refractivity contribution >= 4 is 15.9 Å². The number of sulfonamides is 1. The van der Waals surface area contributed by atoms with E-state index < -0.39 is 16.1 Å². The molecule has 6 nitrogen and oxygen atoms in total. The number of ether oxygens (including phenoxy) is 1. The number of carbonyl (C=O) groups is 1. The van der Waals surface area contributed by atoms with Gasteiger partial charge in [-0.1, -0.05) is 48.0 Å². The van der Waals surface area contributed by atoms with E-state index in [4.69, 9.17) is 4.74 Å². The van der Waals surface area contributed by atoms with Crippen molar-refractivity contribution in [3.8, 4) is 0 Å². The highest BCUT2D eigenvalue weighted by atomic mass is 32.2. The van der Waals surface area contributed by atoms with Crippen molar-refractivity contribution < 1.29 is 17.9 Å². The van der Waals surface area contributed by atoms with Gasteiger partial charge in [0.25, 0.3) is 0 Å². The van der Waals surface area contributed by atoms with Gasteiger partial charge in [0, 0.05) is 20.3 Å². The van der Waals surface area contributed by atoms with E-state index in [-0.39, 0.29) is 17.2 Å². The molecule has 1 atom stereocenters. The molecule has 0 radical (unpaired) electrons. The highest BCUT2D eigenvalue weighted by molar-refractivity contribution is 7.89. The number of rotatable bonds is 10. The van der Waals surface area contributed by atoms with Crippen LogP contribution in [0.2, 0.25) is 0 Å². The van der Waals surface area contributed by atoms with Crippen LogP contribution in [0.3, 0.4) is 0 Å². The van der Waals surface area contributed by atoms with Gasteiger partial charge >= 0.3 is 0 Å². The molecule has 0 aliphatic rings. The van der Waals surface area contributed by atoms with Crippen LogP contribution in [0.4, 0.5) is 0 Å². The number of hydrogen-bond donors (Lipinski definition) is 2. The number of nitrogens with one attached hydrogen (secondary N) is 2. The summed E-state index contributed by atoms with van der Waals surface area (Å²) in [5.41, 5.74) is 3.20. The fourth-order valence-corrected chi connectivity index (χ4v) is 5.07. The third kappa shape index (κ3) is 6.66. The minimum absolute atomic E-state index is 0.230. The van der Waals surface area contributed by atoms with Crippen LogP contribution in [0.5, 0.6) is 0 Å². The number of benzene rings is 2. The maximum atomic E-state index is 13.2. The first-order valence-corrected chi connectivity index (χ1v) is 11.1. The van der Waals surface area contributed by atoms with Crippen molar-refractivity contribution in [1.29, 1.82) is 0 Å². The zero-order valence-electron chi connectivity index (χ0n) is 17.5. The van der Waals surface area contributed by atoms with Crippen molar-refractivity contribution in [3.05, 3.63) is 64.7 Å². The maximum Gasteiger partial charge on any atom is 0.241 e. The zero-order valence-corrected chi connectivity index (χ0v) is 18.3. The first-order chi connectivity index (χ1) is 13.7. The Labute approximate surface area is 173 Å². The number of hydrogen-bond acceptors (Lipinski definition) is 4. The van der Waals surface area contributed by atoms with Gasteiger partial charge in [0.05, 0.1) is 4.90 Å². The molecule has 2 aromatic carbocycles. The van der Waals surface area contributed by atoms with Gasteiger partial charge < -0.3 is 10.1 Å². The summed E-state index contributed by atoms with van der Waals surface area (Å²) < 4.78 is 33.9. The number of amides is 1. The van der Waals surface area contributed by atoms with E-state index >= 15 is 0 Å². The second-order valence-corrected chi connectivity index (χ2v) is 8.88. The van der Waals surface area contributed by atoms with Crippen molar-refractivity contribution in [2.75, 3.05) is 20.3 Å². The van der Waals surface area contributed by atoms with Crippen molar-refractivity contribution in [1.82, 2.24) is 10.0 Å². The normalized spacial score (nSPS) is 12.6. The minimum atomic E-state index is -3.87. The molecule has 2 aromatic rings. The molecule has 1 amide bonds. The molecule has 0 saturated carbocycles. The second-order valence-electron chi connectivity index (χ2n) is 7.23. The summed E-state index contributed by atoms with van der Waals surface area (Å²) in [7, 11) is -2.28. The first kappa shape index (κ1) is 23.1. The Kier molecular flexibility index (Phi) is 8.37. The van der Waals surface area contributed by atoms with E-state index in [1.54, 1.807) is 21.0 Å². The maximum absolute atomic E-state index is 13.2. The highest BCUT2D eigenvalue weighted by Crippen LogP contribution is 2.22. The molecule has 0 aromatic heterocycles. The molecule has 7 heteroatoms. The molecular weight excluding hydrogens is 388 g/mol. The Bertz CT molecular complexity index is 904. The summed E-state index contributed by atoms with van der Waals surface area (Å²) in [5.74, 6) is -0.351. The lowest BCUT2D eigenvalue weighted by molar-refractivity contribution is -0.122. The lowest BCUT2D eigenvalue weighted by Gasteiger charge is -2.20. The van der Waals surface area contributed by atoms with E-state index in [1.165, 1.54) is 0 Å². The van der Waals surface area contributed by atoms with Crippen LogP contribution in [-0.4, -0.2) is 40.6 Å². The van der Waals surface area contributed by atoms with E-state index in [0.717, 1.165) is 11.1 Å². The van der Waals surface area contributed by atoms with Gasteiger partial charge in [-0.25, -0.2) is 8.42 Å². The number of methoxy groups -OCH3 is 1. The predicted octanol–water partition coefficient (Wildman–Crippen LogP) is 2.65. The monoisotopic (exact) mass is 418 g/mol. The van der Waals surface area contributed by atoms with Crippen LogP contribution < -0.4 is 10.0 Å². The molecule has 2 rings (SSSR count). The largest absolute Gasteiger partial charge is 0.385 e. The molecule has 0 aliphatic carbocycles. The van der Waals surface area contributed by atoms with Crippen LogP contribution in [0.15, 0.2) is 47.4 Å². The lowest BCUT2D eigenvalue weighted by Crippen LogP contribution is -2.48. The molecule has 0 unspecified atom stereocenters. The summed E-state index contributed by atoms with van der Waals surface area (Å²) in [6, 6.07) is 12.1. The summed E-state index contributed by atoms with van der Waals surface area (Å²) in [5, 5.41) is 2.80. The Morgan fingerprint density at radius 1 is 1.07 bits per heavy atom. The van der Waals surface area contributed by atoms with E-state index in [9.17, 15) is 13.2 Å². The number of carbonyl (C=O) groups excluding carboxylic acids is 1. The van der Waals surface area contributed by atoms with Gasteiger partial charge in [-0.2, -0.15) is 4.72 Å². The first-order valence-electron chi connectivity index (χ1n) is 9.65. The molecule has 0 heterocycles. The highest BCUT2D eigenvalue weighted by Gasteiger charge is 2.28. The quantitative estimate of drug-likeness (QED) is 0.581. The summed E-state index contributed by atoms with van der Waals surface area (Å²) in [4.78, 5) is 13.0. The van der Waals surface area contributed by atoms with Gasteiger partial charge in [0.15, 0.2) is 0 Å². The lowest BCUT2D eigenvalue weighted by atomic mass is 10.1. The molecule has 0 spiro atoms. The topological polar surface area (TPSA) is 84.5 Å². The average molecular weight is 419 g/mol. The Morgan fingerprint density at radius 2 is 1.69 bits per heavy atom. The van der Waals surface area contributed by atoms with Gasteiger partial charge in [0.1, 0.15) is 6.04 Å². The molecule has 2 N–H and O–H groups in total. The minimum Gasteiger partial charge on any atom is -0.385 e. The fraction of sp³-hybridized carbons (Fsp3) is 0.409. The fourth-order valence-electron chi connectivity index (χ4n) is 3.43. The van der Waals surface area contributed by atoms with Crippen LogP contribution in [0.1, 0.15) is 28.7 Å². The van der Waals surface area contributed by atoms with E-state index in [0.29, 0.717) is 30.7 Å². The van der Waals surface area contributed by atoms with Crippen molar-refractivity contribution in [3.63, 3.8) is 0 Å². The average Bonchev–Trinajstić information content (AvgIpc) is 2.64. The van der Waals surface area contributed by atoms with Crippen LogP contribution in [0.25, 0.3) is 0 Å². The third-order valence-electron chi connectivity index (χ3n) is 4.59. The summed E-state index contributed by atoms with van der Waals surface area (Å²) in [6.07, 6.45) is 0.920. The zero-order chi connectivity index (χ0) is 21.4. The van der Waals surface area contributed by atoms with Gasteiger partial charge in [-0.15, -0.1) is 0 Å². The van der Waals surface area contributed by atoms with E-state index in [2.05, 4.69) is 10.0 Å². The van der Waals surface area contributed by atoms with Crippen LogP contribution in [0, 0.1) is 20.8 Å². The molecule has 29 heavy (non-hydrogen) atoms. The van der Waals surface area contributed by atoms with Gasteiger partial charge in [-0.3, -0.25) is 4.79 Å². The standard InChI is InChI=1S/C22H30N2O4S/c1-16-13-17(2)21(18(3)14-16)29(26,27)24-20(15-19-9-6-5-7-10-19)22(25)23-11-8-12-28-4/h5-7,9-10,13-14,20,24H,8,11-12,15H2,1-4H3,(H,23,25)/t20-/m0/s1. The molecule has 158 valence electrons. The number of aryl methyl sites for hydroxylation is 3. The molecular formula is C22H30N2O4S. The molecule has 0 aliphatic heterocycles. The van der Waals surface area contributed by atoms with Crippen LogP contribution >= 0.6 is 0 Å². The van der Waals surface area contributed by atoms with E-state index in [1.807, 2.05) is 49.4 Å². The molecule has 0 fully saturated rings. The SMILES string of the molecule is COCCCNC(=O)[C@H](Cc1ccccc1)NS(=O)(=O)c1c(C)cc(C)cc1C. The summed E-state index contributed by atoms with van der Waals surface area (Å²) >= 11 is 0. The Hall–Kier alpha value is -2.22. The third-order valence-corrected chi connectivity index (χ3v) is 6.37.